The van der Waals surface area contributed by atoms with Gasteiger partial charge in [-0.25, -0.2) is 0 Å². The van der Waals surface area contributed by atoms with Crippen LogP contribution < -0.4 is 0 Å². The lowest BCUT2D eigenvalue weighted by Crippen LogP contribution is -1.97. The SMILES string of the molecule is Cc1cc2ccccn2c1C(=O)Cl. The maximum absolute atomic E-state index is 11.1. The molecule has 2 rings (SSSR count). The molecule has 0 atom stereocenters. The van der Waals surface area contributed by atoms with E-state index in [0.29, 0.717) is 5.69 Å². The van der Waals surface area contributed by atoms with Crippen LogP contribution in [0.15, 0.2) is 30.5 Å². The number of hydrogen-bond acceptors (Lipinski definition) is 1. The number of rotatable bonds is 1. The first-order valence-corrected chi connectivity index (χ1v) is 4.34. The van der Waals surface area contributed by atoms with Crippen LogP contribution in [0, 0.1) is 6.92 Å². The minimum absolute atomic E-state index is 0.413. The number of aromatic nitrogens is 1. The van der Waals surface area contributed by atoms with E-state index in [2.05, 4.69) is 0 Å². The molecular formula is C10H8ClNO. The van der Waals surface area contributed by atoms with Crippen LogP contribution in [-0.2, 0) is 0 Å². The van der Waals surface area contributed by atoms with E-state index < -0.39 is 5.24 Å². The fraction of sp³-hybridized carbons (Fsp3) is 0.100. The Morgan fingerprint density at radius 3 is 2.92 bits per heavy atom. The zero-order chi connectivity index (χ0) is 9.42. The smallest absolute Gasteiger partial charge is 0.269 e. The van der Waals surface area contributed by atoms with E-state index in [1.54, 1.807) is 4.40 Å². The van der Waals surface area contributed by atoms with E-state index in [0.717, 1.165) is 11.1 Å². The van der Waals surface area contributed by atoms with Crippen molar-refractivity contribution in [3.8, 4) is 0 Å². The van der Waals surface area contributed by atoms with Crippen LogP contribution in [0.4, 0.5) is 0 Å². The molecule has 0 aliphatic heterocycles. The number of nitrogens with zero attached hydrogens (tertiary/aromatic N) is 1. The summed E-state index contributed by atoms with van der Waals surface area (Å²) in [5, 5.41) is -0.413. The molecule has 0 spiro atoms. The molecule has 0 aromatic carbocycles. The zero-order valence-electron chi connectivity index (χ0n) is 7.12. The minimum Gasteiger partial charge on any atom is -0.313 e. The first-order chi connectivity index (χ1) is 6.20. The summed E-state index contributed by atoms with van der Waals surface area (Å²) < 4.78 is 1.80. The Bertz CT molecular complexity index is 473. The van der Waals surface area contributed by atoms with Gasteiger partial charge >= 0.3 is 0 Å². The van der Waals surface area contributed by atoms with Crippen molar-refractivity contribution in [1.29, 1.82) is 0 Å². The van der Waals surface area contributed by atoms with E-state index in [1.807, 2.05) is 37.4 Å². The standard InChI is InChI=1S/C10H8ClNO/c1-7-6-8-4-2-3-5-12(8)9(7)10(11)13/h2-6H,1H3. The molecule has 0 radical (unpaired) electrons. The molecule has 0 saturated carbocycles. The lowest BCUT2D eigenvalue weighted by molar-refractivity contribution is 0.107. The lowest BCUT2D eigenvalue weighted by Gasteiger charge is -1.97. The molecule has 0 N–H and O–H groups in total. The van der Waals surface area contributed by atoms with Gasteiger partial charge in [-0.3, -0.25) is 4.79 Å². The molecule has 13 heavy (non-hydrogen) atoms. The van der Waals surface area contributed by atoms with E-state index in [1.165, 1.54) is 0 Å². The van der Waals surface area contributed by atoms with Crippen LogP contribution in [0.5, 0.6) is 0 Å². The second-order valence-electron chi connectivity index (χ2n) is 2.95. The van der Waals surface area contributed by atoms with Crippen LogP contribution in [0.25, 0.3) is 5.52 Å². The van der Waals surface area contributed by atoms with Gasteiger partial charge in [0.25, 0.3) is 5.24 Å². The second kappa shape index (κ2) is 2.89. The van der Waals surface area contributed by atoms with Gasteiger partial charge in [0.2, 0.25) is 0 Å². The molecule has 0 amide bonds. The monoisotopic (exact) mass is 193 g/mol. The van der Waals surface area contributed by atoms with Gasteiger partial charge in [0.1, 0.15) is 5.69 Å². The largest absolute Gasteiger partial charge is 0.313 e. The van der Waals surface area contributed by atoms with Gasteiger partial charge in [0.15, 0.2) is 0 Å². The third kappa shape index (κ3) is 1.23. The summed E-state index contributed by atoms with van der Waals surface area (Å²) in [4.78, 5) is 11.1. The van der Waals surface area contributed by atoms with Crippen LogP contribution in [-0.4, -0.2) is 9.64 Å². The topological polar surface area (TPSA) is 21.5 Å². The average Bonchev–Trinajstić information content (AvgIpc) is 2.39. The summed E-state index contributed by atoms with van der Waals surface area (Å²) in [5.41, 5.74) is 2.45. The third-order valence-corrected chi connectivity index (χ3v) is 2.24. The fourth-order valence-electron chi connectivity index (χ4n) is 1.51. The molecular weight excluding hydrogens is 186 g/mol. The number of carbonyl (C=O) groups is 1. The fourth-order valence-corrected chi connectivity index (χ4v) is 1.75. The predicted molar refractivity (Wildman–Crippen MR) is 52.3 cm³/mol. The van der Waals surface area contributed by atoms with Crippen LogP contribution >= 0.6 is 11.6 Å². The van der Waals surface area contributed by atoms with Crippen molar-refractivity contribution in [3.63, 3.8) is 0 Å². The average molecular weight is 194 g/mol. The summed E-state index contributed by atoms with van der Waals surface area (Å²) in [5.74, 6) is 0. The Labute approximate surface area is 80.7 Å². The maximum Gasteiger partial charge on any atom is 0.269 e. The molecule has 0 aliphatic carbocycles. The first kappa shape index (κ1) is 8.32. The summed E-state index contributed by atoms with van der Waals surface area (Å²) in [7, 11) is 0. The predicted octanol–water partition coefficient (Wildman–Crippen LogP) is 2.63. The number of halogens is 1. The Kier molecular flexibility index (Phi) is 1.85. The molecule has 0 aliphatic rings. The van der Waals surface area contributed by atoms with Crippen molar-refractivity contribution in [1.82, 2.24) is 4.40 Å². The quantitative estimate of drug-likeness (QED) is 0.638. The number of fused-ring (bicyclic) bond motifs is 1. The molecule has 2 heterocycles. The van der Waals surface area contributed by atoms with Gasteiger partial charge < -0.3 is 4.40 Å². The first-order valence-electron chi connectivity index (χ1n) is 3.96. The zero-order valence-corrected chi connectivity index (χ0v) is 7.88. The van der Waals surface area contributed by atoms with E-state index in [9.17, 15) is 4.79 Å². The number of carbonyl (C=O) groups excluding carboxylic acids is 1. The summed E-state index contributed by atoms with van der Waals surface area (Å²) >= 11 is 5.47. The van der Waals surface area contributed by atoms with Gasteiger partial charge in [-0.1, -0.05) is 6.07 Å². The summed E-state index contributed by atoms with van der Waals surface area (Å²) in [6.07, 6.45) is 1.83. The third-order valence-electron chi connectivity index (χ3n) is 2.06. The molecule has 2 aromatic heterocycles. The normalized spacial score (nSPS) is 10.6. The van der Waals surface area contributed by atoms with Crippen LogP contribution in [0.1, 0.15) is 16.1 Å². The van der Waals surface area contributed by atoms with Crippen molar-refractivity contribution < 1.29 is 4.79 Å². The van der Waals surface area contributed by atoms with Gasteiger partial charge in [-0.05, 0) is 42.3 Å². The molecule has 3 heteroatoms. The van der Waals surface area contributed by atoms with Crippen molar-refractivity contribution in [3.05, 3.63) is 41.7 Å². The van der Waals surface area contributed by atoms with Gasteiger partial charge in [-0.15, -0.1) is 0 Å². The van der Waals surface area contributed by atoms with Crippen LogP contribution in [0.2, 0.25) is 0 Å². The molecule has 0 saturated heterocycles. The van der Waals surface area contributed by atoms with Crippen molar-refractivity contribution in [2.75, 3.05) is 0 Å². The van der Waals surface area contributed by atoms with Gasteiger partial charge in [-0.2, -0.15) is 0 Å². The Balaban J connectivity index is 2.86. The second-order valence-corrected chi connectivity index (χ2v) is 3.29. The van der Waals surface area contributed by atoms with Gasteiger partial charge in [0, 0.05) is 11.7 Å². The molecule has 0 fully saturated rings. The maximum atomic E-state index is 11.1. The molecule has 0 unspecified atom stereocenters. The number of aryl methyl sites for hydroxylation is 1. The molecule has 2 nitrogen and oxygen atoms in total. The highest BCUT2D eigenvalue weighted by atomic mass is 35.5. The Morgan fingerprint density at radius 2 is 2.23 bits per heavy atom. The molecule has 66 valence electrons. The highest BCUT2D eigenvalue weighted by Gasteiger charge is 2.11. The highest BCUT2D eigenvalue weighted by molar-refractivity contribution is 6.67. The lowest BCUT2D eigenvalue weighted by atomic mass is 10.3. The van der Waals surface area contributed by atoms with E-state index in [-0.39, 0.29) is 0 Å². The molecule has 2 aromatic rings. The highest BCUT2D eigenvalue weighted by Crippen LogP contribution is 2.17. The summed E-state index contributed by atoms with van der Waals surface area (Å²) in [6, 6.07) is 7.68. The van der Waals surface area contributed by atoms with Crippen molar-refractivity contribution in [2.45, 2.75) is 6.92 Å². The Morgan fingerprint density at radius 1 is 1.46 bits per heavy atom. The van der Waals surface area contributed by atoms with Crippen LogP contribution in [0.3, 0.4) is 0 Å². The van der Waals surface area contributed by atoms with Gasteiger partial charge in [0.05, 0.1) is 0 Å². The number of hydrogen-bond donors (Lipinski definition) is 0. The number of pyridine rings is 1. The van der Waals surface area contributed by atoms with E-state index >= 15 is 0 Å². The molecule has 0 bridgehead atoms. The Hall–Kier alpha value is -1.28. The summed E-state index contributed by atoms with van der Waals surface area (Å²) in [6.45, 7) is 1.88. The van der Waals surface area contributed by atoms with Crippen molar-refractivity contribution >= 4 is 22.4 Å². The minimum atomic E-state index is -0.413. The van der Waals surface area contributed by atoms with Crippen molar-refractivity contribution in [2.24, 2.45) is 0 Å². The van der Waals surface area contributed by atoms with E-state index in [4.69, 9.17) is 11.6 Å².